The van der Waals surface area contributed by atoms with Crippen LogP contribution >= 0.6 is 0 Å². The molecule has 6 heteroatoms. The maximum Gasteiger partial charge on any atom is 0.338 e. The van der Waals surface area contributed by atoms with Gasteiger partial charge in [0.05, 0.1) is 11.6 Å². The molecule has 2 aromatic carbocycles. The number of esters is 1. The van der Waals surface area contributed by atoms with E-state index in [4.69, 9.17) is 10.00 Å². The van der Waals surface area contributed by atoms with Gasteiger partial charge in [0.15, 0.2) is 6.61 Å². The highest BCUT2D eigenvalue weighted by Gasteiger charge is 2.15. The third-order valence-corrected chi connectivity index (χ3v) is 4.24. The number of Topliss-reactive ketones (excluding diaryl/α,β-unsaturated/α-hetero) is 1. The normalized spacial score (nSPS) is 10.0. The van der Waals surface area contributed by atoms with E-state index in [1.165, 1.54) is 24.3 Å². The Morgan fingerprint density at radius 3 is 2.36 bits per heavy atom. The average Bonchev–Trinajstić information content (AvgIpc) is 2.71. The molecule has 0 saturated carbocycles. The molecule has 0 unspecified atom stereocenters. The van der Waals surface area contributed by atoms with Crippen LogP contribution in [0.15, 0.2) is 42.5 Å². The summed E-state index contributed by atoms with van der Waals surface area (Å²) < 4.78 is 5.16. The van der Waals surface area contributed by atoms with Crippen LogP contribution in [0, 0.1) is 11.3 Å². The minimum Gasteiger partial charge on any atom is -0.454 e. The lowest BCUT2D eigenvalue weighted by Crippen LogP contribution is -2.16. The summed E-state index contributed by atoms with van der Waals surface area (Å²) in [5, 5.41) is 11.0. The number of aryl methyl sites for hydroxylation is 2. The van der Waals surface area contributed by atoms with E-state index in [2.05, 4.69) is 5.32 Å². The monoisotopic (exact) mass is 378 g/mol. The van der Waals surface area contributed by atoms with Crippen LogP contribution in [0.1, 0.15) is 52.1 Å². The van der Waals surface area contributed by atoms with E-state index >= 15 is 0 Å². The zero-order valence-electron chi connectivity index (χ0n) is 16.0. The molecule has 0 aromatic heterocycles. The van der Waals surface area contributed by atoms with Crippen LogP contribution in [-0.2, 0) is 22.4 Å². The van der Waals surface area contributed by atoms with Crippen molar-refractivity contribution in [3.8, 4) is 6.07 Å². The Hall–Kier alpha value is -3.46. The quantitative estimate of drug-likeness (QED) is 0.558. The van der Waals surface area contributed by atoms with Crippen LogP contribution in [-0.4, -0.2) is 24.3 Å². The van der Waals surface area contributed by atoms with E-state index in [0.29, 0.717) is 11.3 Å². The van der Waals surface area contributed by atoms with Crippen LogP contribution < -0.4 is 5.32 Å². The van der Waals surface area contributed by atoms with Crippen LogP contribution in [0.25, 0.3) is 0 Å². The van der Waals surface area contributed by atoms with E-state index in [1.54, 1.807) is 6.07 Å². The fraction of sp³-hybridized carbons (Fsp3) is 0.273. The Kier molecular flexibility index (Phi) is 7.46. The molecular weight excluding hydrogens is 356 g/mol. The predicted molar refractivity (Wildman–Crippen MR) is 105 cm³/mol. The summed E-state index contributed by atoms with van der Waals surface area (Å²) in [6.07, 6.45) is 1.30. The molecule has 0 bridgehead atoms. The number of hydrogen-bond acceptors (Lipinski definition) is 5. The maximum absolute atomic E-state index is 12.5. The molecule has 2 aromatic rings. The first-order chi connectivity index (χ1) is 13.5. The van der Waals surface area contributed by atoms with Gasteiger partial charge in [0.1, 0.15) is 6.42 Å². The van der Waals surface area contributed by atoms with E-state index in [1.807, 2.05) is 32.0 Å². The highest BCUT2D eigenvalue weighted by molar-refractivity contribution is 6.00. The summed E-state index contributed by atoms with van der Waals surface area (Å²) in [7, 11) is 0. The van der Waals surface area contributed by atoms with E-state index in [0.717, 1.165) is 24.0 Å². The Morgan fingerprint density at radius 1 is 1.04 bits per heavy atom. The second-order valence-corrected chi connectivity index (χ2v) is 6.16. The number of anilines is 1. The van der Waals surface area contributed by atoms with Crippen molar-refractivity contribution in [3.63, 3.8) is 0 Å². The molecule has 1 N–H and O–H groups in total. The first-order valence-electron chi connectivity index (χ1n) is 9.07. The molecule has 144 valence electrons. The lowest BCUT2D eigenvalue weighted by atomic mass is 9.98. The van der Waals surface area contributed by atoms with Gasteiger partial charge in [-0.25, -0.2) is 4.79 Å². The van der Waals surface area contributed by atoms with Crippen molar-refractivity contribution >= 4 is 23.3 Å². The lowest BCUT2D eigenvalue weighted by Gasteiger charge is -2.10. The third-order valence-electron chi connectivity index (χ3n) is 4.24. The van der Waals surface area contributed by atoms with Crippen molar-refractivity contribution in [1.29, 1.82) is 5.26 Å². The number of nitriles is 1. The molecule has 0 saturated heterocycles. The van der Waals surface area contributed by atoms with Crippen LogP contribution in [0.5, 0.6) is 0 Å². The van der Waals surface area contributed by atoms with Gasteiger partial charge in [-0.3, -0.25) is 9.59 Å². The molecule has 0 atom stereocenters. The van der Waals surface area contributed by atoms with Crippen molar-refractivity contribution in [2.75, 3.05) is 11.9 Å². The van der Waals surface area contributed by atoms with Gasteiger partial charge in [0.25, 0.3) is 0 Å². The lowest BCUT2D eigenvalue weighted by molar-refractivity contribution is -0.115. The molecule has 0 heterocycles. The number of nitrogens with one attached hydrogen (secondary N) is 1. The van der Waals surface area contributed by atoms with Crippen LogP contribution in [0.2, 0.25) is 0 Å². The SMILES string of the molecule is CCc1ccc(CC)c(C(=O)COC(=O)c2ccc(NC(=O)CC#N)cc2)c1. The third kappa shape index (κ3) is 5.52. The number of benzene rings is 2. The van der Waals surface area contributed by atoms with Crippen molar-refractivity contribution in [2.45, 2.75) is 33.1 Å². The topological polar surface area (TPSA) is 96.3 Å². The molecule has 0 aliphatic carbocycles. The molecule has 0 radical (unpaired) electrons. The predicted octanol–water partition coefficient (Wildman–Crippen LogP) is 3.70. The molecule has 0 spiro atoms. The zero-order chi connectivity index (χ0) is 20.5. The number of carbonyl (C=O) groups is 3. The standard InChI is InChI=1S/C22H22N2O4/c1-3-15-5-6-16(4-2)19(13-15)20(25)14-28-22(27)17-7-9-18(10-8-17)24-21(26)11-12-23/h5-10,13H,3-4,11,14H2,1-2H3,(H,24,26). The number of carbonyl (C=O) groups excluding carboxylic acids is 3. The number of nitrogens with zero attached hydrogens (tertiary/aromatic N) is 1. The smallest absolute Gasteiger partial charge is 0.338 e. The molecule has 0 fully saturated rings. The van der Waals surface area contributed by atoms with Gasteiger partial charge in [-0.1, -0.05) is 26.0 Å². The van der Waals surface area contributed by atoms with Gasteiger partial charge in [-0.05, 0) is 54.3 Å². The number of hydrogen-bond donors (Lipinski definition) is 1. The van der Waals surface area contributed by atoms with Crippen molar-refractivity contribution in [3.05, 3.63) is 64.7 Å². The highest BCUT2D eigenvalue weighted by Crippen LogP contribution is 2.16. The first-order valence-corrected chi connectivity index (χ1v) is 9.07. The van der Waals surface area contributed by atoms with Crippen LogP contribution in [0.4, 0.5) is 5.69 Å². The summed E-state index contributed by atoms with van der Waals surface area (Å²) >= 11 is 0. The minimum absolute atomic E-state index is 0.235. The summed E-state index contributed by atoms with van der Waals surface area (Å²) in [6.45, 7) is 3.65. The van der Waals surface area contributed by atoms with Gasteiger partial charge in [-0.2, -0.15) is 5.26 Å². The molecular formula is C22H22N2O4. The van der Waals surface area contributed by atoms with Crippen molar-refractivity contribution in [1.82, 2.24) is 0 Å². The summed E-state index contributed by atoms with van der Waals surface area (Å²) in [4.78, 5) is 36.1. The summed E-state index contributed by atoms with van der Waals surface area (Å²) in [5.74, 6) is -1.28. The van der Waals surface area contributed by atoms with E-state index in [9.17, 15) is 14.4 Å². The number of ether oxygens (including phenoxy) is 1. The van der Waals surface area contributed by atoms with Crippen molar-refractivity contribution < 1.29 is 19.1 Å². The molecule has 6 nitrogen and oxygen atoms in total. The van der Waals surface area contributed by atoms with Gasteiger partial charge in [0.2, 0.25) is 11.7 Å². The Morgan fingerprint density at radius 2 is 1.75 bits per heavy atom. The van der Waals surface area contributed by atoms with Gasteiger partial charge < -0.3 is 10.1 Å². The number of amides is 1. The maximum atomic E-state index is 12.5. The molecule has 0 aliphatic rings. The fourth-order valence-electron chi connectivity index (χ4n) is 2.67. The molecule has 1 amide bonds. The Bertz CT molecular complexity index is 911. The van der Waals surface area contributed by atoms with Gasteiger partial charge >= 0.3 is 5.97 Å². The Balaban J connectivity index is 1.99. The minimum atomic E-state index is -0.618. The molecule has 28 heavy (non-hydrogen) atoms. The van der Waals surface area contributed by atoms with E-state index < -0.39 is 11.9 Å². The molecule has 0 aliphatic heterocycles. The van der Waals surface area contributed by atoms with Crippen molar-refractivity contribution in [2.24, 2.45) is 0 Å². The Labute approximate surface area is 164 Å². The van der Waals surface area contributed by atoms with E-state index in [-0.39, 0.29) is 24.4 Å². The second kappa shape index (κ2) is 10.0. The van der Waals surface area contributed by atoms with Crippen LogP contribution in [0.3, 0.4) is 0 Å². The second-order valence-electron chi connectivity index (χ2n) is 6.16. The van der Waals surface area contributed by atoms with Gasteiger partial charge in [-0.15, -0.1) is 0 Å². The van der Waals surface area contributed by atoms with Gasteiger partial charge in [0, 0.05) is 11.3 Å². The molecule has 2 rings (SSSR count). The average molecular weight is 378 g/mol. The summed E-state index contributed by atoms with van der Waals surface area (Å²) in [6, 6.07) is 13.6. The highest BCUT2D eigenvalue weighted by atomic mass is 16.5. The number of ketones is 1. The zero-order valence-corrected chi connectivity index (χ0v) is 16.0. The summed E-state index contributed by atoms with van der Waals surface area (Å²) in [5.41, 5.74) is 3.31. The first kappa shape index (κ1) is 20.8. The number of rotatable bonds is 8. The largest absolute Gasteiger partial charge is 0.454 e. The fourth-order valence-corrected chi connectivity index (χ4v) is 2.67.